The van der Waals surface area contributed by atoms with Gasteiger partial charge in [-0.25, -0.2) is 9.59 Å². The Hall–Kier alpha value is -2.34. The molecule has 0 aromatic heterocycles. The van der Waals surface area contributed by atoms with Gasteiger partial charge in [-0.05, 0) is 33.3 Å². The number of nitrogens with zero attached hydrogens (tertiary/aromatic N) is 1. The number of carboxylic acids is 1. The number of carbonyl (C=O) groups excluding carboxylic acids is 1. The number of hydrogen-bond donors (Lipinski definition) is 2. The molecule has 1 amide bonds. The van der Waals surface area contributed by atoms with Crippen molar-refractivity contribution in [3.63, 3.8) is 0 Å². The van der Waals surface area contributed by atoms with E-state index in [9.17, 15) is 9.59 Å². The summed E-state index contributed by atoms with van der Waals surface area (Å²) in [5.41, 5.74) is 0.577. The zero-order valence-electron chi connectivity index (χ0n) is 15.4. The van der Waals surface area contributed by atoms with Crippen LogP contribution in [-0.2, 0) is 16.1 Å². The number of aliphatic carboxylic acids is 1. The summed E-state index contributed by atoms with van der Waals surface area (Å²) in [5, 5.41) is 11.6. The lowest BCUT2D eigenvalue weighted by Gasteiger charge is -2.26. The average Bonchev–Trinajstić information content (AvgIpc) is 2.45. The number of ether oxygens (including phenoxy) is 1. The zero-order valence-corrected chi connectivity index (χ0v) is 15.4. The molecule has 1 aromatic carbocycles. The Morgan fingerprint density at radius 2 is 1.92 bits per heavy atom. The molecule has 138 valence electrons. The van der Waals surface area contributed by atoms with Crippen molar-refractivity contribution in [2.24, 2.45) is 0 Å². The first-order chi connectivity index (χ1) is 11.7. The molecular formula is C19H28N2O4. The van der Waals surface area contributed by atoms with Crippen LogP contribution in [0.2, 0.25) is 0 Å². The topological polar surface area (TPSA) is 78.9 Å². The SMILES string of the molecule is C[C@H](CN(CC=CC(=O)O)Cc1ccccc1)NC(=O)OC(C)(C)C. The maximum Gasteiger partial charge on any atom is 0.407 e. The van der Waals surface area contributed by atoms with E-state index in [2.05, 4.69) is 10.2 Å². The molecule has 0 aliphatic rings. The molecule has 2 N–H and O–H groups in total. The highest BCUT2D eigenvalue weighted by atomic mass is 16.6. The van der Waals surface area contributed by atoms with Gasteiger partial charge in [-0.3, -0.25) is 4.90 Å². The minimum Gasteiger partial charge on any atom is -0.478 e. The highest BCUT2D eigenvalue weighted by molar-refractivity contribution is 5.79. The van der Waals surface area contributed by atoms with Gasteiger partial charge in [0.1, 0.15) is 5.60 Å². The number of carbonyl (C=O) groups is 2. The summed E-state index contributed by atoms with van der Waals surface area (Å²) >= 11 is 0. The molecule has 6 heteroatoms. The van der Waals surface area contributed by atoms with Crippen molar-refractivity contribution in [3.8, 4) is 0 Å². The largest absolute Gasteiger partial charge is 0.478 e. The average molecular weight is 348 g/mol. The second-order valence-electron chi connectivity index (χ2n) is 6.97. The van der Waals surface area contributed by atoms with Crippen LogP contribution in [0.5, 0.6) is 0 Å². The fourth-order valence-electron chi connectivity index (χ4n) is 2.29. The Kier molecular flexibility index (Phi) is 8.15. The summed E-state index contributed by atoms with van der Waals surface area (Å²) in [7, 11) is 0. The quantitative estimate of drug-likeness (QED) is 0.706. The first kappa shape index (κ1) is 20.7. The third-order valence-corrected chi connectivity index (χ3v) is 3.17. The van der Waals surface area contributed by atoms with Crippen LogP contribution in [0.3, 0.4) is 0 Å². The number of amides is 1. The first-order valence-corrected chi connectivity index (χ1v) is 8.31. The summed E-state index contributed by atoms with van der Waals surface area (Å²) < 4.78 is 5.26. The van der Waals surface area contributed by atoms with E-state index < -0.39 is 17.7 Å². The molecular weight excluding hydrogens is 320 g/mol. The van der Waals surface area contributed by atoms with E-state index in [1.54, 1.807) is 6.08 Å². The van der Waals surface area contributed by atoms with Crippen molar-refractivity contribution in [2.75, 3.05) is 13.1 Å². The Balaban J connectivity index is 2.64. The predicted octanol–water partition coefficient (Wildman–Crippen LogP) is 3.04. The predicted molar refractivity (Wildman–Crippen MR) is 97.3 cm³/mol. The van der Waals surface area contributed by atoms with Gasteiger partial charge in [0, 0.05) is 31.8 Å². The van der Waals surface area contributed by atoms with Crippen molar-refractivity contribution in [2.45, 2.75) is 45.9 Å². The maximum absolute atomic E-state index is 11.9. The molecule has 1 aromatic rings. The van der Waals surface area contributed by atoms with E-state index in [1.807, 2.05) is 58.0 Å². The van der Waals surface area contributed by atoms with Gasteiger partial charge in [0.2, 0.25) is 0 Å². The van der Waals surface area contributed by atoms with E-state index >= 15 is 0 Å². The van der Waals surface area contributed by atoms with Crippen LogP contribution in [0.4, 0.5) is 4.79 Å². The Morgan fingerprint density at radius 1 is 1.28 bits per heavy atom. The second kappa shape index (κ2) is 9.84. The van der Waals surface area contributed by atoms with Crippen LogP contribution < -0.4 is 5.32 Å². The lowest BCUT2D eigenvalue weighted by Crippen LogP contribution is -2.43. The van der Waals surface area contributed by atoms with E-state index in [0.717, 1.165) is 11.6 Å². The Labute approximate surface area is 149 Å². The van der Waals surface area contributed by atoms with Crippen LogP contribution in [-0.4, -0.2) is 46.8 Å². The summed E-state index contributed by atoms with van der Waals surface area (Å²) in [4.78, 5) is 24.6. The van der Waals surface area contributed by atoms with Crippen LogP contribution in [0, 0.1) is 0 Å². The van der Waals surface area contributed by atoms with E-state index in [0.29, 0.717) is 19.6 Å². The standard InChI is InChI=1S/C19H28N2O4/c1-15(20-18(24)25-19(2,3)4)13-21(12-8-11-17(22)23)14-16-9-6-5-7-10-16/h5-11,15H,12-14H2,1-4H3,(H,20,24)(H,22,23)/t15-/m1/s1. The molecule has 0 saturated heterocycles. The molecule has 0 bridgehead atoms. The van der Waals surface area contributed by atoms with Gasteiger partial charge < -0.3 is 15.2 Å². The molecule has 0 saturated carbocycles. The van der Waals surface area contributed by atoms with Gasteiger partial charge in [0.05, 0.1) is 0 Å². The van der Waals surface area contributed by atoms with E-state index in [4.69, 9.17) is 9.84 Å². The summed E-state index contributed by atoms with van der Waals surface area (Å²) in [6.07, 6.45) is 2.27. The first-order valence-electron chi connectivity index (χ1n) is 8.31. The van der Waals surface area contributed by atoms with Crippen LogP contribution in [0.25, 0.3) is 0 Å². The van der Waals surface area contributed by atoms with Gasteiger partial charge in [0.25, 0.3) is 0 Å². The molecule has 25 heavy (non-hydrogen) atoms. The minimum atomic E-state index is -0.973. The number of alkyl carbamates (subject to hydrolysis) is 1. The van der Waals surface area contributed by atoms with Gasteiger partial charge in [-0.1, -0.05) is 36.4 Å². The molecule has 6 nitrogen and oxygen atoms in total. The summed E-state index contributed by atoms with van der Waals surface area (Å²) in [6.45, 7) is 9.04. The fourth-order valence-corrected chi connectivity index (χ4v) is 2.29. The number of hydrogen-bond acceptors (Lipinski definition) is 4. The second-order valence-corrected chi connectivity index (χ2v) is 6.97. The van der Waals surface area contributed by atoms with Gasteiger partial charge >= 0.3 is 12.1 Å². The molecule has 1 rings (SSSR count). The molecule has 1 atom stereocenters. The smallest absolute Gasteiger partial charge is 0.407 e. The lowest BCUT2D eigenvalue weighted by atomic mass is 10.2. The van der Waals surface area contributed by atoms with Crippen molar-refractivity contribution in [3.05, 3.63) is 48.0 Å². The molecule has 0 unspecified atom stereocenters. The number of rotatable bonds is 8. The van der Waals surface area contributed by atoms with Gasteiger partial charge in [-0.2, -0.15) is 0 Å². The third-order valence-electron chi connectivity index (χ3n) is 3.17. The lowest BCUT2D eigenvalue weighted by molar-refractivity contribution is -0.131. The highest BCUT2D eigenvalue weighted by Gasteiger charge is 2.18. The molecule has 0 fully saturated rings. The normalized spacial score (nSPS) is 13.0. The number of benzene rings is 1. The molecule has 0 heterocycles. The van der Waals surface area contributed by atoms with Crippen LogP contribution in [0.1, 0.15) is 33.3 Å². The molecule has 0 spiro atoms. The van der Waals surface area contributed by atoms with E-state index in [1.165, 1.54) is 0 Å². The van der Waals surface area contributed by atoms with Crippen molar-refractivity contribution >= 4 is 12.1 Å². The minimum absolute atomic E-state index is 0.142. The number of carboxylic acid groups (broad SMARTS) is 1. The molecule has 0 aliphatic carbocycles. The van der Waals surface area contributed by atoms with Gasteiger partial charge in [0.15, 0.2) is 0 Å². The van der Waals surface area contributed by atoms with Crippen LogP contribution in [0.15, 0.2) is 42.5 Å². The summed E-state index contributed by atoms with van der Waals surface area (Å²) in [5.74, 6) is -0.973. The molecule has 0 radical (unpaired) electrons. The Morgan fingerprint density at radius 3 is 2.48 bits per heavy atom. The van der Waals surface area contributed by atoms with E-state index in [-0.39, 0.29) is 6.04 Å². The van der Waals surface area contributed by atoms with Crippen molar-refractivity contribution in [1.82, 2.24) is 10.2 Å². The Bertz CT molecular complexity index is 579. The summed E-state index contributed by atoms with van der Waals surface area (Å²) in [6, 6.07) is 9.76. The third kappa shape index (κ3) is 10.2. The number of nitrogens with one attached hydrogen (secondary N) is 1. The highest BCUT2D eigenvalue weighted by Crippen LogP contribution is 2.08. The van der Waals surface area contributed by atoms with Crippen molar-refractivity contribution in [1.29, 1.82) is 0 Å². The van der Waals surface area contributed by atoms with Gasteiger partial charge in [-0.15, -0.1) is 0 Å². The zero-order chi connectivity index (χ0) is 18.9. The van der Waals surface area contributed by atoms with Crippen molar-refractivity contribution < 1.29 is 19.4 Å². The molecule has 0 aliphatic heterocycles. The van der Waals surface area contributed by atoms with Crippen LogP contribution >= 0.6 is 0 Å². The monoisotopic (exact) mass is 348 g/mol. The maximum atomic E-state index is 11.9. The fraction of sp³-hybridized carbons (Fsp3) is 0.474.